The number of carbonyl (C=O) groups is 1. The summed E-state index contributed by atoms with van der Waals surface area (Å²) in [6, 6.07) is 7.07. The van der Waals surface area contributed by atoms with Crippen LogP contribution in [0.4, 0.5) is 24.8 Å². The summed E-state index contributed by atoms with van der Waals surface area (Å²) in [5.74, 6) is -1.15. The van der Waals surface area contributed by atoms with Crippen LogP contribution in [0.3, 0.4) is 0 Å². The van der Waals surface area contributed by atoms with Crippen LogP contribution in [-0.2, 0) is 15.7 Å². The van der Waals surface area contributed by atoms with E-state index in [0.717, 1.165) is 16.0 Å². The molecule has 2 bridgehead atoms. The van der Waals surface area contributed by atoms with Crippen LogP contribution >= 0.6 is 0 Å². The van der Waals surface area contributed by atoms with Crippen molar-refractivity contribution in [3.63, 3.8) is 0 Å². The standard InChI is InChI=1S/C23H20F3N5O3/c1-13-15-7-3-2-5-14(15)6-4-9-34-22-29-16-11-27-21(31-8-10-33-12-17(31)32)19(23(24,25)26)18(16)20(28-13)30-22/h2-7,11,13H,8-10,12H2,1H3,(H,28,29,30)/b6-4-/t13-/m1/s1. The molecule has 1 saturated heterocycles. The van der Waals surface area contributed by atoms with Gasteiger partial charge in [-0.05, 0) is 24.1 Å². The van der Waals surface area contributed by atoms with Crippen LogP contribution in [0.1, 0.15) is 29.7 Å². The van der Waals surface area contributed by atoms with E-state index < -0.39 is 29.5 Å². The van der Waals surface area contributed by atoms with Crippen LogP contribution in [0.5, 0.6) is 6.01 Å². The van der Waals surface area contributed by atoms with E-state index in [9.17, 15) is 18.0 Å². The first-order chi connectivity index (χ1) is 16.3. The highest BCUT2D eigenvalue weighted by Gasteiger charge is 2.41. The van der Waals surface area contributed by atoms with Crippen LogP contribution in [0, 0.1) is 0 Å². The molecule has 0 saturated carbocycles. The lowest BCUT2D eigenvalue weighted by molar-refractivity contribution is -0.136. The molecule has 5 rings (SSSR count). The minimum atomic E-state index is -4.83. The molecule has 0 aliphatic carbocycles. The maximum absolute atomic E-state index is 14.5. The summed E-state index contributed by atoms with van der Waals surface area (Å²) in [6.07, 6.45) is 0.0400. The van der Waals surface area contributed by atoms with Gasteiger partial charge in [-0.2, -0.15) is 23.1 Å². The van der Waals surface area contributed by atoms with Crippen molar-refractivity contribution >= 4 is 34.5 Å². The first kappa shape index (κ1) is 22.1. The summed E-state index contributed by atoms with van der Waals surface area (Å²) in [6.45, 7) is 1.72. The fourth-order valence-electron chi connectivity index (χ4n) is 4.12. The molecule has 34 heavy (non-hydrogen) atoms. The van der Waals surface area contributed by atoms with E-state index in [2.05, 4.69) is 20.3 Å². The van der Waals surface area contributed by atoms with Crippen molar-refractivity contribution in [3.8, 4) is 6.01 Å². The lowest BCUT2D eigenvalue weighted by atomic mass is 10.0. The van der Waals surface area contributed by atoms with Gasteiger partial charge in [0, 0.05) is 0 Å². The SMILES string of the molecule is C[C@H]1Nc2nc(nc3cnc(N4CCOCC4=O)c(C(F)(F)F)c23)OC/C=C\c2ccccc21. The highest BCUT2D eigenvalue weighted by atomic mass is 19.4. The fraction of sp³-hybridized carbons (Fsp3) is 0.304. The number of fused-ring (bicyclic) bond motifs is 5. The van der Waals surface area contributed by atoms with Gasteiger partial charge in [-0.25, -0.2) is 4.98 Å². The van der Waals surface area contributed by atoms with Gasteiger partial charge in [0.25, 0.3) is 5.91 Å². The largest absolute Gasteiger partial charge is 0.459 e. The molecule has 2 aromatic heterocycles. The molecule has 11 heteroatoms. The summed E-state index contributed by atoms with van der Waals surface area (Å²) in [5.41, 5.74) is 0.645. The van der Waals surface area contributed by atoms with Crippen molar-refractivity contribution in [2.75, 3.05) is 36.6 Å². The molecule has 0 spiro atoms. The molecule has 8 nitrogen and oxygen atoms in total. The molecule has 2 aliphatic rings. The van der Waals surface area contributed by atoms with Crippen LogP contribution in [-0.4, -0.2) is 47.2 Å². The van der Waals surface area contributed by atoms with E-state index in [1.807, 2.05) is 37.3 Å². The second kappa shape index (κ2) is 8.56. The number of aromatic nitrogens is 3. The van der Waals surface area contributed by atoms with E-state index >= 15 is 0 Å². The van der Waals surface area contributed by atoms with Crippen molar-refractivity contribution in [2.45, 2.75) is 19.1 Å². The first-order valence-electron chi connectivity index (χ1n) is 10.6. The van der Waals surface area contributed by atoms with Gasteiger partial charge >= 0.3 is 12.2 Å². The van der Waals surface area contributed by atoms with Gasteiger partial charge in [0.15, 0.2) is 0 Å². The number of benzene rings is 1. The smallest absolute Gasteiger partial charge is 0.420 e. The van der Waals surface area contributed by atoms with Crippen LogP contribution in [0.15, 0.2) is 36.5 Å². The zero-order chi connectivity index (χ0) is 23.9. The number of nitrogens with one attached hydrogen (secondary N) is 1. The van der Waals surface area contributed by atoms with Crippen LogP contribution in [0.25, 0.3) is 17.0 Å². The predicted molar refractivity (Wildman–Crippen MR) is 119 cm³/mol. The Hall–Kier alpha value is -3.73. The second-order valence-corrected chi connectivity index (χ2v) is 7.88. The van der Waals surface area contributed by atoms with Crippen LogP contribution < -0.4 is 15.0 Å². The molecular formula is C23H20F3N5O3. The van der Waals surface area contributed by atoms with Crippen molar-refractivity contribution in [1.29, 1.82) is 0 Å². The first-order valence-corrected chi connectivity index (χ1v) is 10.6. The van der Waals surface area contributed by atoms with E-state index in [1.165, 1.54) is 6.20 Å². The Balaban J connectivity index is 1.74. The molecule has 0 radical (unpaired) electrons. The number of hydrogen-bond acceptors (Lipinski definition) is 7. The summed E-state index contributed by atoms with van der Waals surface area (Å²) in [5, 5.41) is 2.83. The van der Waals surface area contributed by atoms with Gasteiger partial charge in [-0.1, -0.05) is 30.3 Å². The number of ether oxygens (including phenoxy) is 2. The van der Waals surface area contributed by atoms with E-state index in [4.69, 9.17) is 9.47 Å². The Kier molecular flexibility index (Phi) is 5.56. The number of amides is 1. The van der Waals surface area contributed by atoms with Gasteiger partial charge in [0.1, 0.15) is 30.4 Å². The molecule has 1 N–H and O–H groups in total. The van der Waals surface area contributed by atoms with Crippen molar-refractivity contribution in [2.24, 2.45) is 0 Å². The van der Waals surface area contributed by atoms with Crippen molar-refractivity contribution in [1.82, 2.24) is 15.0 Å². The average molecular weight is 471 g/mol. The monoisotopic (exact) mass is 471 g/mol. The summed E-state index contributed by atoms with van der Waals surface area (Å²) in [4.78, 5) is 25.8. The third-order valence-corrected chi connectivity index (χ3v) is 5.65. The Labute approximate surface area is 192 Å². The van der Waals surface area contributed by atoms with Crippen LogP contribution in [0.2, 0.25) is 0 Å². The number of pyridine rings is 1. The quantitative estimate of drug-likeness (QED) is 0.574. The highest BCUT2D eigenvalue weighted by Crippen LogP contribution is 2.43. The van der Waals surface area contributed by atoms with Crippen molar-refractivity contribution < 1.29 is 27.4 Å². The van der Waals surface area contributed by atoms with Gasteiger partial charge in [0.05, 0.1) is 36.3 Å². The van der Waals surface area contributed by atoms with Gasteiger partial charge in [0.2, 0.25) is 0 Å². The molecule has 4 heterocycles. The fourth-order valence-corrected chi connectivity index (χ4v) is 4.12. The number of rotatable bonds is 1. The van der Waals surface area contributed by atoms with Gasteiger partial charge < -0.3 is 14.8 Å². The van der Waals surface area contributed by atoms with Crippen molar-refractivity contribution in [3.05, 3.63) is 53.2 Å². The van der Waals surface area contributed by atoms with Gasteiger partial charge in [-0.3, -0.25) is 9.69 Å². The number of nitrogens with zero attached hydrogens (tertiary/aromatic N) is 4. The Morgan fingerprint density at radius 3 is 2.82 bits per heavy atom. The molecule has 176 valence electrons. The number of alkyl halides is 3. The molecule has 2 aliphatic heterocycles. The average Bonchev–Trinajstić information content (AvgIpc) is 2.83. The molecule has 1 fully saturated rings. The number of morpholine rings is 1. The number of carbonyl (C=O) groups excluding carboxylic acids is 1. The van der Waals surface area contributed by atoms with E-state index in [-0.39, 0.29) is 49.1 Å². The number of halogens is 3. The lowest BCUT2D eigenvalue weighted by Crippen LogP contribution is -2.43. The second-order valence-electron chi connectivity index (χ2n) is 7.88. The molecule has 0 unspecified atom stereocenters. The molecule has 1 amide bonds. The Morgan fingerprint density at radius 2 is 2.03 bits per heavy atom. The van der Waals surface area contributed by atoms with E-state index in [0.29, 0.717) is 0 Å². The third-order valence-electron chi connectivity index (χ3n) is 5.65. The summed E-state index contributed by atoms with van der Waals surface area (Å²) in [7, 11) is 0. The maximum atomic E-state index is 14.5. The Morgan fingerprint density at radius 1 is 1.21 bits per heavy atom. The number of anilines is 2. The summed E-state index contributed by atoms with van der Waals surface area (Å²) < 4.78 is 54.1. The third kappa shape index (κ3) is 4.03. The maximum Gasteiger partial charge on any atom is 0.420 e. The van der Waals surface area contributed by atoms with Gasteiger partial charge in [-0.15, -0.1) is 0 Å². The van der Waals surface area contributed by atoms with E-state index in [1.54, 1.807) is 6.08 Å². The molecule has 3 aromatic rings. The minimum Gasteiger partial charge on any atom is -0.459 e. The zero-order valence-electron chi connectivity index (χ0n) is 18.1. The zero-order valence-corrected chi connectivity index (χ0v) is 18.1. The molecular weight excluding hydrogens is 451 g/mol. The highest BCUT2D eigenvalue weighted by molar-refractivity contribution is 6.01. The Bertz CT molecular complexity index is 1290. The molecule has 1 atom stereocenters. The predicted octanol–water partition coefficient (Wildman–Crippen LogP) is 3.99. The topological polar surface area (TPSA) is 89.5 Å². The lowest BCUT2D eigenvalue weighted by Gasteiger charge is -2.29. The summed E-state index contributed by atoms with van der Waals surface area (Å²) >= 11 is 0. The normalized spacial score (nSPS) is 19.6. The minimum absolute atomic E-state index is 0.0410. The number of hydrogen-bond donors (Lipinski definition) is 1. The molecule has 1 aromatic carbocycles.